The van der Waals surface area contributed by atoms with Crippen LogP contribution in [-0.4, -0.2) is 19.6 Å². The molecule has 140 valence electrons. The SMILES string of the molecule is [O-][Cl+3]([O-])([O-])[O-].[O-][Cl+3]([O-])([O-])[O-].c1cc[n+](CC[NH+]2CCCCC2)cc1. The molecule has 0 radical (unpaired) electrons. The fourth-order valence-electron chi connectivity index (χ4n) is 2.17. The second kappa shape index (κ2) is 11.8. The number of rotatable bonds is 3. The van der Waals surface area contributed by atoms with Crippen LogP contribution in [0.5, 0.6) is 0 Å². The Morgan fingerprint density at radius 1 is 0.708 bits per heavy atom. The van der Waals surface area contributed by atoms with Gasteiger partial charge in [-0.2, -0.15) is 4.57 Å². The maximum absolute atomic E-state index is 8.49. The summed E-state index contributed by atoms with van der Waals surface area (Å²) in [5.41, 5.74) is 0. The number of quaternary nitrogens is 1. The van der Waals surface area contributed by atoms with E-state index in [1.807, 2.05) is 0 Å². The summed E-state index contributed by atoms with van der Waals surface area (Å²) >= 11 is 0. The molecular weight excluding hydrogens is 371 g/mol. The maximum Gasteiger partial charge on any atom is 0.196 e. The van der Waals surface area contributed by atoms with E-state index in [9.17, 15) is 0 Å². The molecule has 0 amide bonds. The van der Waals surface area contributed by atoms with Crippen LogP contribution in [0, 0.1) is 20.5 Å². The number of hydrogen-bond donors (Lipinski definition) is 1. The first-order chi connectivity index (χ1) is 10.9. The average molecular weight is 391 g/mol. The Morgan fingerprint density at radius 2 is 1.12 bits per heavy atom. The highest BCUT2D eigenvalue weighted by molar-refractivity contribution is 4.83. The summed E-state index contributed by atoms with van der Waals surface area (Å²) in [4.78, 5) is 1.78. The molecule has 1 saturated heterocycles. The van der Waals surface area contributed by atoms with Crippen molar-refractivity contribution in [3.8, 4) is 0 Å². The van der Waals surface area contributed by atoms with E-state index in [2.05, 4.69) is 35.2 Å². The van der Waals surface area contributed by atoms with Gasteiger partial charge in [0.25, 0.3) is 0 Å². The van der Waals surface area contributed by atoms with Crippen LogP contribution in [0.3, 0.4) is 0 Å². The number of hydrogen-bond acceptors (Lipinski definition) is 8. The number of pyridine rings is 1. The third-order valence-corrected chi connectivity index (χ3v) is 3.06. The Bertz CT molecular complexity index is 397. The van der Waals surface area contributed by atoms with Gasteiger partial charge in [0.05, 0.1) is 13.1 Å². The molecule has 24 heavy (non-hydrogen) atoms. The van der Waals surface area contributed by atoms with Crippen LogP contribution >= 0.6 is 0 Å². The summed E-state index contributed by atoms with van der Waals surface area (Å²) in [6.45, 7) is 5.21. The van der Waals surface area contributed by atoms with Crippen LogP contribution in [0.15, 0.2) is 30.6 Å². The van der Waals surface area contributed by atoms with Crippen molar-refractivity contribution < 1.29 is 67.2 Å². The largest absolute Gasteiger partial charge is 0.330 e. The van der Waals surface area contributed by atoms with Gasteiger partial charge in [-0.3, -0.25) is 0 Å². The highest BCUT2D eigenvalue weighted by atomic mass is 35.7. The van der Waals surface area contributed by atoms with Crippen molar-refractivity contribution in [2.45, 2.75) is 25.8 Å². The molecule has 2 heterocycles. The molecule has 12 heteroatoms. The van der Waals surface area contributed by atoms with E-state index in [0.29, 0.717) is 0 Å². The molecule has 0 saturated carbocycles. The van der Waals surface area contributed by atoms with E-state index in [1.165, 1.54) is 38.9 Å². The second-order valence-corrected chi connectivity index (χ2v) is 6.44. The lowest BCUT2D eigenvalue weighted by molar-refractivity contribution is -2.00. The zero-order valence-electron chi connectivity index (χ0n) is 12.8. The van der Waals surface area contributed by atoms with Gasteiger partial charge in [0.15, 0.2) is 18.9 Å². The number of nitrogens with one attached hydrogen (secondary N) is 1. The third kappa shape index (κ3) is 21.4. The number of likely N-dealkylation sites (tertiary alicyclic amines) is 1. The van der Waals surface area contributed by atoms with Crippen molar-refractivity contribution >= 4 is 0 Å². The van der Waals surface area contributed by atoms with Crippen molar-refractivity contribution in [3.05, 3.63) is 30.6 Å². The molecule has 1 aromatic rings. The molecule has 10 nitrogen and oxygen atoms in total. The first kappa shape index (κ1) is 23.4. The number of piperidine rings is 1. The third-order valence-electron chi connectivity index (χ3n) is 3.06. The molecule has 0 aromatic carbocycles. The van der Waals surface area contributed by atoms with Gasteiger partial charge in [-0.1, -0.05) is 6.07 Å². The molecule has 1 N–H and O–H groups in total. The lowest BCUT2D eigenvalue weighted by atomic mass is 10.1. The van der Waals surface area contributed by atoms with Gasteiger partial charge in [-0.15, -0.1) is 20.5 Å². The summed E-state index contributed by atoms with van der Waals surface area (Å²) in [5, 5.41) is 0. The molecule has 0 aliphatic carbocycles. The first-order valence-corrected chi connectivity index (χ1v) is 9.43. The van der Waals surface area contributed by atoms with Gasteiger partial charge in [0, 0.05) is 12.1 Å². The second-order valence-electron chi connectivity index (χ2n) is 4.93. The quantitative estimate of drug-likeness (QED) is 0.491. The number of halogens is 2. The Balaban J connectivity index is 0.000000442. The highest BCUT2D eigenvalue weighted by Gasteiger charge is 2.14. The fraction of sp³-hybridized carbons (Fsp3) is 0.583. The van der Waals surface area contributed by atoms with Crippen LogP contribution in [0.2, 0.25) is 0 Å². The summed E-state index contributed by atoms with van der Waals surface area (Å²) in [6.07, 6.45) is 8.61. The zero-order valence-corrected chi connectivity index (χ0v) is 14.3. The number of aromatic nitrogens is 1. The normalized spacial score (nSPS) is 15.7. The van der Waals surface area contributed by atoms with Crippen molar-refractivity contribution in [2.24, 2.45) is 0 Å². The van der Waals surface area contributed by atoms with Gasteiger partial charge >= 0.3 is 0 Å². The van der Waals surface area contributed by atoms with Crippen molar-refractivity contribution in [1.82, 2.24) is 0 Å². The molecule has 0 atom stereocenters. The van der Waals surface area contributed by atoms with Crippen LogP contribution in [0.1, 0.15) is 19.3 Å². The van der Waals surface area contributed by atoms with Crippen LogP contribution in [0.4, 0.5) is 0 Å². The van der Waals surface area contributed by atoms with Gasteiger partial charge in [0.2, 0.25) is 0 Å². The molecule has 0 bridgehead atoms. The highest BCUT2D eigenvalue weighted by Crippen LogP contribution is 1.93. The standard InChI is InChI=1S/C12H19N2.2ClHO4/c1-3-7-13(8-4-1)11-12-14-9-5-2-6-10-14;2*2-1(3,4)5/h1,3-4,7-8H,2,5-6,9-12H2;2*(H,2,3,4,5)/q+1;;/p-1. The Labute approximate surface area is 143 Å². The predicted molar refractivity (Wildman–Crippen MR) is 56.1 cm³/mol. The lowest BCUT2D eigenvalue weighted by Crippen LogP contribution is -3.13. The molecule has 1 aliphatic heterocycles. The van der Waals surface area contributed by atoms with E-state index in [-0.39, 0.29) is 0 Å². The predicted octanol–water partition coefficient (Wildman–Crippen LogP) is -9.47. The minimum absolute atomic E-state index is 1.16. The molecule has 1 aliphatic rings. The summed E-state index contributed by atoms with van der Waals surface area (Å²) in [7, 11) is -9.89. The lowest BCUT2D eigenvalue weighted by Gasteiger charge is -2.21. The molecule has 2 rings (SSSR count). The number of nitrogens with zero attached hydrogens (tertiary/aromatic N) is 1. The fourth-order valence-corrected chi connectivity index (χ4v) is 2.17. The average Bonchev–Trinajstić information content (AvgIpc) is 2.44. The van der Waals surface area contributed by atoms with E-state index in [0.717, 1.165) is 6.54 Å². The minimum atomic E-state index is -4.94. The Hall–Kier alpha value is -0.630. The molecule has 1 aromatic heterocycles. The molecule has 1 fully saturated rings. The van der Waals surface area contributed by atoms with Gasteiger partial charge in [-0.05, 0) is 19.3 Å². The van der Waals surface area contributed by atoms with E-state index >= 15 is 0 Å². The topological polar surface area (TPSA) is 193 Å². The Morgan fingerprint density at radius 3 is 1.54 bits per heavy atom. The van der Waals surface area contributed by atoms with Crippen LogP contribution < -0.4 is 46.7 Å². The van der Waals surface area contributed by atoms with Crippen molar-refractivity contribution in [3.63, 3.8) is 0 Å². The van der Waals surface area contributed by atoms with E-state index < -0.39 is 20.5 Å². The summed E-state index contributed by atoms with van der Waals surface area (Å²) < 4.78 is 70.2. The van der Waals surface area contributed by atoms with Crippen LogP contribution in [0.25, 0.3) is 0 Å². The van der Waals surface area contributed by atoms with E-state index in [1.54, 1.807) is 4.90 Å². The van der Waals surface area contributed by atoms with Gasteiger partial charge < -0.3 is 4.90 Å². The summed E-state index contributed by atoms with van der Waals surface area (Å²) in [5.74, 6) is 0. The van der Waals surface area contributed by atoms with Gasteiger partial charge in [0.1, 0.15) is 6.54 Å². The Kier molecular flexibility index (Phi) is 11.5. The van der Waals surface area contributed by atoms with Crippen LogP contribution in [-0.2, 0) is 6.54 Å². The molecule has 0 unspecified atom stereocenters. The van der Waals surface area contributed by atoms with Crippen molar-refractivity contribution in [2.75, 3.05) is 19.6 Å². The summed E-state index contributed by atoms with van der Waals surface area (Å²) in [6, 6.07) is 6.28. The zero-order chi connectivity index (χ0) is 18.6. The monoisotopic (exact) mass is 390 g/mol. The molecular formula is C12H20Cl2N2O8. The molecule has 0 spiro atoms. The minimum Gasteiger partial charge on any atom is -0.330 e. The van der Waals surface area contributed by atoms with Crippen molar-refractivity contribution in [1.29, 1.82) is 0 Å². The van der Waals surface area contributed by atoms with E-state index in [4.69, 9.17) is 37.3 Å². The smallest absolute Gasteiger partial charge is 0.196 e. The van der Waals surface area contributed by atoms with Gasteiger partial charge in [-0.25, -0.2) is 37.3 Å². The first-order valence-electron chi connectivity index (χ1n) is 6.96. The maximum atomic E-state index is 8.49.